The van der Waals surface area contributed by atoms with Gasteiger partial charge in [0.1, 0.15) is 11.6 Å². The fourth-order valence-electron chi connectivity index (χ4n) is 1.37. The van der Waals surface area contributed by atoms with Crippen LogP contribution in [0.2, 0.25) is 0 Å². The summed E-state index contributed by atoms with van der Waals surface area (Å²) in [6.45, 7) is 5.83. The lowest BCUT2D eigenvalue weighted by Gasteiger charge is -2.24. The van der Waals surface area contributed by atoms with E-state index in [1.807, 2.05) is 0 Å². The minimum absolute atomic E-state index is 0.00526. The van der Waals surface area contributed by atoms with Gasteiger partial charge in [0.2, 0.25) is 0 Å². The van der Waals surface area contributed by atoms with Crippen LogP contribution >= 0.6 is 0 Å². The van der Waals surface area contributed by atoms with Gasteiger partial charge >= 0.3 is 0 Å². The Morgan fingerprint density at radius 3 is 1.93 bits per heavy atom. The van der Waals surface area contributed by atoms with E-state index in [0.717, 1.165) is 0 Å². The van der Waals surface area contributed by atoms with Crippen LogP contribution in [0.15, 0.2) is 0 Å². The molecule has 0 spiro atoms. The van der Waals surface area contributed by atoms with E-state index in [0.29, 0.717) is 12.3 Å². The van der Waals surface area contributed by atoms with E-state index >= 15 is 0 Å². The molecule has 2 heteroatoms. The highest BCUT2D eigenvalue weighted by atomic mass is 16.1. The van der Waals surface area contributed by atoms with Crippen molar-refractivity contribution in [3.8, 4) is 0 Å². The zero-order chi connectivity index (χ0) is 11.7. The lowest BCUT2D eigenvalue weighted by atomic mass is 9.81. The molecular weight excluding hydrogens is 188 g/mol. The fraction of sp³-hybridized carbons (Fsp3) is 0.846. The van der Waals surface area contributed by atoms with Gasteiger partial charge in [-0.25, -0.2) is 0 Å². The Morgan fingerprint density at radius 1 is 1.13 bits per heavy atom. The molecule has 1 aliphatic carbocycles. The number of Topliss-reactive ketones (excluding diaryl/α,β-unsaturated/α-hetero) is 2. The molecule has 0 aromatic rings. The van der Waals surface area contributed by atoms with Crippen LogP contribution in [0.5, 0.6) is 0 Å². The SMILES string of the molecule is CC(=O)CC(=O)CC1CCC1.CCCC. The summed E-state index contributed by atoms with van der Waals surface area (Å²) >= 11 is 0. The maximum Gasteiger partial charge on any atom is 0.140 e. The van der Waals surface area contributed by atoms with Crippen LogP contribution in [0.4, 0.5) is 0 Å². The molecule has 0 N–H and O–H groups in total. The van der Waals surface area contributed by atoms with Gasteiger partial charge < -0.3 is 0 Å². The predicted molar refractivity (Wildman–Crippen MR) is 62.8 cm³/mol. The highest BCUT2D eigenvalue weighted by Crippen LogP contribution is 2.29. The second-order valence-corrected chi connectivity index (χ2v) is 4.42. The molecule has 88 valence electrons. The summed E-state index contributed by atoms with van der Waals surface area (Å²) in [5, 5.41) is 0. The first-order chi connectivity index (χ1) is 7.10. The molecule has 1 rings (SSSR count). The number of carbonyl (C=O) groups excluding carboxylic acids is 2. The second-order valence-electron chi connectivity index (χ2n) is 4.42. The molecule has 0 aromatic carbocycles. The average molecular weight is 212 g/mol. The third-order valence-corrected chi connectivity index (χ3v) is 2.69. The van der Waals surface area contributed by atoms with Crippen molar-refractivity contribution in [2.75, 3.05) is 0 Å². The standard InChI is InChI=1S/C9H14O2.C4H10/c1-7(10)5-9(11)6-8-3-2-4-8;1-3-4-2/h8H,2-6H2,1H3;3-4H2,1-2H3. The number of hydrogen-bond acceptors (Lipinski definition) is 2. The monoisotopic (exact) mass is 212 g/mol. The molecule has 1 fully saturated rings. The largest absolute Gasteiger partial charge is 0.300 e. The summed E-state index contributed by atoms with van der Waals surface area (Å²) in [5.74, 6) is 0.721. The van der Waals surface area contributed by atoms with E-state index < -0.39 is 0 Å². The molecule has 1 aliphatic rings. The zero-order valence-corrected chi connectivity index (χ0v) is 10.3. The molecule has 0 aliphatic heterocycles. The van der Waals surface area contributed by atoms with Crippen LogP contribution in [0.1, 0.15) is 65.7 Å². The maximum absolute atomic E-state index is 11.0. The summed E-state index contributed by atoms with van der Waals surface area (Å²) < 4.78 is 0. The van der Waals surface area contributed by atoms with Gasteiger partial charge in [0.25, 0.3) is 0 Å². The van der Waals surface area contributed by atoms with Gasteiger partial charge in [0, 0.05) is 6.42 Å². The van der Waals surface area contributed by atoms with Crippen LogP contribution in [0.25, 0.3) is 0 Å². The molecule has 0 radical (unpaired) electrons. The molecule has 0 amide bonds. The van der Waals surface area contributed by atoms with Crippen LogP contribution < -0.4 is 0 Å². The predicted octanol–water partition coefficient (Wildman–Crippen LogP) is 3.53. The van der Waals surface area contributed by atoms with Crippen LogP contribution in [0, 0.1) is 5.92 Å². The Bertz CT molecular complexity index is 191. The number of carbonyl (C=O) groups is 2. The molecule has 0 atom stereocenters. The van der Waals surface area contributed by atoms with Crippen molar-refractivity contribution < 1.29 is 9.59 Å². The Hall–Kier alpha value is -0.660. The molecule has 0 saturated heterocycles. The normalized spacial score (nSPS) is 14.9. The lowest BCUT2D eigenvalue weighted by molar-refractivity contribution is -0.126. The Morgan fingerprint density at radius 2 is 1.67 bits per heavy atom. The Labute approximate surface area is 93.4 Å². The molecule has 0 bridgehead atoms. The van der Waals surface area contributed by atoms with Gasteiger partial charge in [-0.3, -0.25) is 9.59 Å². The third-order valence-electron chi connectivity index (χ3n) is 2.69. The van der Waals surface area contributed by atoms with Gasteiger partial charge in [-0.2, -0.15) is 0 Å². The van der Waals surface area contributed by atoms with Gasteiger partial charge in [-0.05, 0) is 12.8 Å². The number of unbranched alkanes of at least 4 members (excludes halogenated alkanes) is 1. The first kappa shape index (κ1) is 14.3. The van der Waals surface area contributed by atoms with Crippen molar-refractivity contribution in [1.82, 2.24) is 0 Å². The lowest BCUT2D eigenvalue weighted by Crippen LogP contribution is -2.17. The number of ketones is 2. The van der Waals surface area contributed by atoms with Gasteiger partial charge in [0.15, 0.2) is 0 Å². The minimum Gasteiger partial charge on any atom is -0.300 e. The molecule has 2 nitrogen and oxygen atoms in total. The van der Waals surface area contributed by atoms with E-state index in [4.69, 9.17) is 0 Å². The fourth-order valence-corrected chi connectivity index (χ4v) is 1.37. The molecule has 0 heterocycles. The zero-order valence-electron chi connectivity index (χ0n) is 10.3. The van der Waals surface area contributed by atoms with E-state index in [-0.39, 0.29) is 18.0 Å². The van der Waals surface area contributed by atoms with E-state index in [2.05, 4.69) is 13.8 Å². The minimum atomic E-state index is -0.00526. The number of hydrogen-bond donors (Lipinski definition) is 0. The summed E-state index contributed by atoms with van der Waals surface area (Å²) in [6.07, 6.45) is 7.06. The molecule has 0 aromatic heterocycles. The van der Waals surface area contributed by atoms with E-state index in [1.165, 1.54) is 39.0 Å². The van der Waals surface area contributed by atoms with Crippen molar-refractivity contribution in [2.45, 2.75) is 65.7 Å². The summed E-state index contributed by atoms with van der Waals surface area (Å²) in [7, 11) is 0. The molecule has 1 saturated carbocycles. The first-order valence-electron chi connectivity index (χ1n) is 6.11. The van der Waals surface area contributed by atoms with Crippen LogP contribution in [0.3, 0.4) is 0 Å². The van der Waals surface area contributed by atoms with Crippen molar-refractivity contribution in [1.29, 1.82) is 0 Å². The highest BCUT2D eigenvalue weighted by molar-refractivity contribution is 5.97. The topological polar surface area (TPSA) is 34.1 Å². The van der Waals surface area contributed by atoms with Crippen LogP contribution in [-0.2, 0) is 9.59 Å². The van der Waals surface area contributed by atoms with Gasteiger partial charge in [-0.15, -0.1) is 0 Å². The maximum atomic E-state index is 11.0. The Balaban J connectivity index is 0.000000423. The van der Waals surface area contributed by atoms with Gasteiger partial charge in [-0.1, -0.05) is 46.0 Å². The van der Waals surface area contributed by atoms with E-state index in [9.17, 15) is 9.59 Å². The smallest absolute Gasteiger partial charge is 0.140 e. The summed E-state index contributed by atoms with van der Waals surface area (Å²) in [5.41, 5.74) is 0. The number of rotatable bonds is 5. The van der Waals surface area contributed by atoms with E-state index in [1.54, 1.807) is 0 Å². The van der Waals surface area contributed by atoms with Gasteiger partial charge in [0.05, 0.1) is 6.42 Å². The van der Waals surface area contributed by atoms with Crippen molar-refractivity contribution in [2.24, 2.45) is 5.92 Å². The first-order valence-corrected chi connectivity index (χ1v) is 6.11. The average Bonchev–Trinajstić information content (AvgIpc) is 2.11. The summed E-state index contributed by atoms with van der Waals surface area (Å²) in [6, 6.07) is 0. The third kappa shape index (κ3) is 8.34. The van der Waals surface area contributed by atoms with Crippen molar-refractivity contribution in [3.05, 3.63) is 0 Å². The molecule has 15 heavy (non-hydrogen) atoms. The van der Waals surface area contributed by atoms with Crippen molar-refractivity contribution >= 4 is 11.6 Å². The van der Waals surface area contributed by atoms with Crippen LogP contribution in [-0.4, -0.2) is 11.6 Å². The second kappa shape index (κ2) is 8.63. The molecule has 0 unspecified atom stereocenters. The quantitative estimate of drug-likeness (QED) is 0.653. The highest BCUT2D eigenvalue weighted by Gasteiger charge is 2.20. The van der Waals surface area contributed by atoms with Crippen molar-refractivity contribution in [3.63, 3.8) is 0 Å². The summed E-state index contributed by atoms with van der Waals surface area (Å²) in [4.78, 5) is 21.6. The Kier molecular flexibility index (Phi) is 8.25. The molecular formula is C13H24O2.